The average Bonchev–Trinajstić information content (AvgIpc) is 2.35. The molecule has 3 heteroatoms. The van der Waals surface area contributed by atoms with E-state index in [1.165, 1.54) is 0 Å². The highest BCUT2D eigenvalue weighted by Crippen LogP contribution is 2.25. The molecule has 0 bridgehead atoms. The summed E-state index contributed by atoms with van der Waals surface area (Å²) in [5.74, 6) is 0.512. The Labute approximate surface area is 123 Å². The monoisotopic (exact) mass is 280 g/mol. The van der Waals surface area contributed by atoms with Crippen LogP contribution < -0.4 is 10.2 Å². The van der Waals surface area contributed by atoms with Crippen molar-refractivity contribution < 1.29 is 4.39 Å². The van der Waals surface area contributed by atoms with Crippen LogP contribution in [0.25, 0.3) is 0 Å². The van der Waals surface area contributed by atoms with Gasteiger partial charge in [0.1, 0.15) is 5.82 Å². The van der Waals surface area contributed by atoms with Crippen LogP contribution in [0.5, 0.6) is 0 Å². The van der Waals surface area contributed by atoms with Gasteiger partial charge in [-0.05, 0) is 31.4 Å². The quantitative estimate of drug-likeness (QED) is 0.805. The fourth-order valence-electron chi connectivity index (χ4n) is 2.44. The topological polar surface area (TPSA) is 15.3 Å². The van der Waals surface area contributed by atoms with Gasteiger partial charge in [-0.2, -0.15) is 0 Å². The fraction of sp³-hybridized carbons (Fsp3) is 0.647. The molecule has 1 N–H and O–H groups in total. The maximum atomic E-state index is 14.1. The molecule has 1 unspecified atom stereocenters. The van der Waals surface area contributed by atoms with Crippen LogP contribution in [0.1, 0.15) is 46.6 Å². The number of nitrogens with zero attached hydrogens (tertiary/aromatic N) is 1. The third-order valence-electron chi connectivity index (χ3n) is 3.63. The van der Waals surface area contributed by atoms with Crippen molar-refractivity contribution in [2.24, 2.45) is 5.92 Å². The minimum Gasteiger partial charge on any atom is -0.372 e. The first-order valence-electron chi connectivity index (χ1n) is 7.56. The van der Waals surface area contributed by atoms with E-state index < -0.39 is 0 Å². The standard InChI is InChI=1S/C17H29FN2/c1-12(2)10-14(5)20(6)17-9-7-8-16(18)15(17)11-19-13(3)4/h7-9,12-14,19H,10-11H2,1-6H3. The zero-order valence-electron chi connectivity index (χ0n) is 13.7. The van der Waals surface area contributed by atoms with Gasteiger partial charge >= 0.3 is 0 Å². The van der Waals surface area contributed by atoms with Crippen molar-refractivity contribution in [1.82, 2.24) is 5.32 Å². The molecule has 0 aliphatic rings. The van der Waals surface area contributed by atoms with Gasteiger partial charge in [-0.15, -0.1) is 0 Å². The second-order valence-electron chi connectivity index (χ2n) is 6.36. The minimum atomic E-state index is -0.126. The Morgan fingerprint density at radius 3 is 2.35 bits per heavy atom. The molecular formula is C17H29FN2. The number of anilines is 1. The van der Waals surface area contributed by atoms with E-state index in [1.54, 1.807) is 12.1 Å². The van der Waals surface area contributed by atoms with E-state index in [1.807, 2.05) is 6.07 Å². The highest BCUT2D eigenvalue weighted by Gasteiger charge is 2.17. The van der Waals surface area contributed by atoms with E-state index in [4.69, 9.17) is 0 Å². The van der Waals surface area contributed by atoms with Gasteiger partial charge in [0.15, 0.2) is 0 Å². The van der Waals surface area contributed by atoms with Gasteiger partial charge in [-0.3, -0.25) is 0 Å². The Kier molecular flexibility index (Phi) is 6.47. The molecule has 0 radical (unpaired) electrons. The van der Waals surface area contributed by atoms with Gasteiger partial charge < -0.3 is 10.2 Å². The normalized spacial score (nSPS) is 13.1. The Bertz CT molecular complexity index is 415. The molecular weight excluding hydrogens is 251 g/mol. The van der Waals surface area contributed by atoms with Gasteiger partial charge in [0.25, 0.3) is 0 Å². The van der Waals surface area contributed by atoms with Crippen LogP contribution in [-0.4, -0.2) is 19.1 Å². The number of benzene rings is 1. The molecule has 0 aliphatic heterocycles. The van der Waals surface area contributed by atoms with Crippen LogP contribution >= 0.6 is 0 Å². The predicted molar refractivity (Wildman–Crippen MR) is 85.7 cm³/mol. The summed E-state index contributed by atoms with van der Waals surface area (Å²) in [6, 6.07) is 6.09. The lowest BCUT2D eigenvalue weighted by Crippen LogP contribution is -2.32. The number of hydrogen-bond donors (Lipinski definition) is 1. The second-order valence-corrected chi connectivity index (χ2v) is 6.36. The summed E-state index contributed by atoms with van der Waals surface area (Å²) in [4.78, 5) is 2.19. The lowest BCUT2D eigenvalue weighted by atomic mass is 10.0. The van der Waals surface area contributed by atoms with Gasteiger partial charge in [-0.1, -0.05) is 33.8 Å². The molecule has 2 nitrogen and oxygen atoms in total. The minimum absolute atomic E-state index is 0.126. The van der Waals surface area contributed by atoms with E-state index in [0.717, 1.165) is 17.7 Å². The maximum Gasteiger partial charge on any atom is 0.129 e. The molecule has 0 saturated heterocycles. The van der Waals surface area contributed by atoms with Crippen molar-refractivity contribution in [3.8, 4) is 0 Å². The van der Waals surface area contributed by atoms with Crippen molar-refractivity contribution in [2.75, 3.05) is 11.9 Å². The summed E-state index contributed by atoms with van der Waals surface area (Å²) in [5, 5.41) is 3.31. The molecule has 0 spiro atoms. The van der Waals surface area contributed by atoms with E-state index >= 15 is 0 Å². The second kappa shape index (κ2) is 7.63. The Balaban J connectivity index is 2.95. The highest BCUT2D eigenvalue weighted by molar-refractivity contribution is 5.54. The number of nitrogens with one attached hydrogen (secondary N) is 1. The number of hydrogen-bond acceptors (Lipinski definition) is 2. The SMILES string of the molecule is CC(C)CC(C)N(C)c1cccc(F)c1CNC(C)C. The van der Waals surface area contributed by atoms with Crippen molar-refractivity contribution in [2.45, 2.75) is 59.7 Å². The zero-order chi connectivity index (χ0) is 15.3. The molecule has 0 aromatic heterocycles. The average molecular weight is 280 g/mol. The Morgan fingerprint density at radius 2 is 1.80 bits per heavy atom. The van der Waals surface area contributed by atoms with Crippen LogP contribution in [-0.2, 0) is 6.54 Å². The van der Waals surface area contributed by atoms with Crippen LogP contribution in [0.3, 0.4) is 0 Å². The number of rotatable bonds is 7. The van der Waals surface area contributed by atoms with E-state index in [-0.39, 0.29) is 5.82 Å². The molecule has 20 heavy (non-hydrogen) atoms. The van der Waals surface area contributed by atoms with Crippen LogP contribution in [0.15, 0.2) is 18.2 Å². The molecule has 0 amide bonds. The summed E-state index contributed by atoms with van der Waals surface area (Å²) < 4.78 is 14.1. The Hall–Kier alpha value is -1.09. The molecule has 1 rings (SSSR count). The smallest absolute Gasteiger partial charge is 0.129 e. The molecule has 114 valence electrons. The fourth-order valence-corrected chi connectivity index (χ4v) is 2.44. The van der Waals surface area contributed by atoms with Crippen LogP contribution in [0, 0.1) is 11.7 Å². The van der Waals surface area contributed by atoms with Crippen LogP contribution in [0.2, 0.25) is 0 Å². The largest absolute Gasteiger partial charge is 0.372 e. The van der Waals surface area contributed by atoms with Gasteiger partial charge in [0.05, 0.1) is 0 Å². The lowest BCUT2D eigenvalue weighted by Gasteiger charge is -2.30. The summed E-state index contributed by atoms with van der Waals surface area (Å²) in [7, 11) is 2.06. The third kappa shape index (κ3) is 4.78. The summed E-state index contributed by atoms with van der Waals surface area (Å²) in [6.07, 6.45) is 1.10. The van der Waals surface area contributed by atoms with E-state index in [2.05, 4.69) is 51.9 Å². The molecule has 0 fully saturated rings. The molecule has 0 aliphatic carbocycles. The van der Waals surface area contributed by atoms with Gasteiger partial charge in [-0.25, -0.2) is 4.39 Å². The van der Waals surface area contributed by atoms with Gasteiger partial charge in [0.2, 0.25) is 0 Å². The molecule has 1 atom stereocenters. The number of halogens is 1. The first-order valence-corrected chi connectivity index (χ1v) is 7.56. The zero-order valence-corrected chi connectivity index (χ0v) is 13.7. The van der Waals surface area contributed by atoms with Crippen molar-refractivity contribution in [3.05, 3.63) is 29.6 Å². The molecule has 0 heterocycles. The summed E-state index contributed by atoms with van der Waals surface area (Å²) in [5.41, 5.74) is 1.76. The van der Waals surface area contributed by atoms with Crippen molar-refractivity contribution >= 4 is 5.69 Å². The van der Waals surface area contributed by atoms with Gasteiger partial charge in [0, 0.05) is 36.9 Å². The lowest BCUT2D eigenvalue weighted by molar-refractivity contribution is 0.500. The highest BCUT2D eigenvalue weighted by atomic mass is 19.1. The van der Waals surface area contributed by atoms with E-state index in [9.17, 15) is 4.39 Å². The predicted octanol–water partition coefficient (Wildman–Crippen LogP) is 4.19. The Morgan fingerprint density at radius 1 is 1.15 bits per heavy atom. The van der Waals surface area contributed by atoms with Crippen molar-refractivity contribution in [3.63, 3.8) is 0 Å². The van der Waals surface area contributed by atoms with E-state index in [0.29, 0.717) is 24.5 Å². The maximum absolute atomic E-state index is 14.1. The third-order valence-corrected chi connectivity index (χ3v) is 3.63. The molecule has 1 aromatic rings. The first kappa shape index (κ1) is 17.0. The van der Waals surface area contributed by atoms with Crippen molar-refractivity contribution in [1.29, 1.82) is 0 Å². The first-order chi connectivity index (χ1) is 9.32. The summed E-state index contributed by atoms with van der Waals surface area (Å²) in [6.45, 7) is 11.4. The molecule has 0 saturated carbocycles. The van der Waals surface area contributed by atoms with Crippen LogP contribution in [0.4, 0.5) is 10.1 Å². The molecule has 1 aromatic carbocycles. The summed E-state index contributed by atoms with van der Waals surface area (Å²) >= 11 is 0.